The number of methoxy groups -OCH3 is 1. The van der Waals surface area contributed by atoms with Gasteiger partial charge in [0.2, 0.25) is 11.8 Å². The second kappa shape index (κ2) is 7.38. The summed E-state index contributed by atoms with van der Waals surface area (Å²) >= 11 is 0. The van der Waals surface area contributed by atoms with Crippen molar-refractivity contribution >= 4 is 17.9 Å². The van der Waals surface area contributed by atoms with Crippen molar-refractivity contribution in [1.29, 1.82) is 0 Å². The van der Waals surface area contributed by atoms with Crippen LogP contribution in [0.1, 0.15) is 25.7 Å². The zero-order chi connectivity index (χ0) is 17.1. The van der Waals surface area contributed by atoms with Crippen LogP contribution in [0.2, 0.25) is 0 Å². The van der Waals surface area contributed by atoms with Gasteiger partial charge >= 0.3 is 6.09 Å². The highest BCUT2D eigenvalue weighted by molar-refractivity contribution is 5.88. The van der Waals surface area contributed by atoms with E-state index in [1.807, 2.05) is 4.90 Å². The van der Waals surface area contributed by atoms with Crippen molar-refractivity contribution in [3.05, 3.63) is 0 Å². The molecule has 0 bridgehead atoms. The van der Waals surface area contributed by atoms with E-state index in [1.54, 1.807) is 9.80 Å². The Hall–Kier alpha value is -1.83. The third-order valence-corrected chi connectivity index (χ3v) is 5.14. The first-order chi connectivity index (χ1) is 11.6. The van der Waals surface area contributed by atoms with Crippen molar-refractivity contribution in [2.75, 3.05) is 46.5 Å². The van der Waals surface area contributed by atoms with Gasteiger partial charge in [0, 0.05) is 32.8 Å². The lowest BCUT2D eigenvalue weighted by Crippen LogP contribution is -2.53. The predicted molar refractivity (Wildman–Crippen MR) is 84.3 cm³/mol. The lowest BCUT2D eigenvalue weighted by atomic mass is 10.0. The summed E-state index contributed by atoms with van der Waals surface area (Å²) in [5, 5.41) is 0. The molecule has 1 atom stereocenters. The smallest absolute Gasteiger partial charge is 0.410 e. The van der Waals surface area contributed by atoms with Gasteiger partial charge in [0.1, 0.15) is 19.3 Å². The minimum Gasteiger partial charge on any atom is -0.448 e. The molecule has 0 unspecified atom stereocenters. The molecule has 3 saturated heterocycles. The summed E-state index contributed by atoms with van der Waals surface area (Å²) in [6, 6.07) is -0.209. The molecule has 0 spiro atoms. The van der Waals surface area contributed by atoms with Gasteiger partial charge in [0.15, 0.2) is 0 Å². The Bertz CT molecular complexity index is 504. The number of piperidine rings is 1. The third-order valence-electron chi connectivity index (χ3n) is 5.14. The van der Waals surface area contributed by atoms with Gasteiger partial charge in [-0.05, 0) is 25.7 Å². The van der Waals surface area contributed by atoms with E-state index in [1.165, 1.54) is 7.11 Å². The van der Waals surface area contributed by atoms with Gasteiger partial charge in [-0.2, -0.15) is 0 Å². The summed E-state index contributed by atoms with van der Waals surface area (Å²) in [4.78, 5) is 41.8. The van der Waals surface area contributed by atoms with Gasteiger partial charge in [-0.15, -0.1) is 0 Å². The number of likely N-dealkylation sites (tertiary alicyclic amines) is 2. The normalized spacial score (nSPS) is 25.3. The number of hydrogen-bond acceptors (Lipinski definition) is 5. The molecular weight excluding hydrogens is 314 g/mol. The Morgan fingerprint density at radius 3 is 2.54 bits per heavy atom. The van der Waals surface area contributed by atoms with Crippen LogP contribution in [0.4, 0.5) is 4.79 Å². The van der Waals surface area contributed by atoms with Gasteiger partial charge in [0.25, 0.3) is 0 Å². The molecule has 24 heavy (non-hydrogen) atoms. The van der Waals surface area contributed by atoms with E-state index in [4.69, 9.17) is 9.47 Å². The minimum absolute atomic E-state index is 0.0168. The Labute approximate surface area is 141 Å². The number of hydrogen-bond donors (Lipinski definition) is 0. The van der Waals surface area contributed by atoms with E-state index in [-0.39, 0.29) is 36.6 Å². The van der Waals surface area contributed by atoms with Crippen molar-refractivity contribution in [3.63, 3.8) is 0 Å². The first-order valence-electron chi connectivity index (χ1n) is 8.62. The van der Waals surface area contributed by atoms with Crippen LogP contribution in [-0.4, -0.2) is 91.2 Å². The quantitative estimate of drug-likeness (QED) is 0.724. The Kier molecular flexibility index (Phi) is 5.23. The number of carbonyl (C=O) groups excluding carboxylic acids is 3. The Balaban J connectivity index is 1.54. The van der Waals surface area contributed by atoms with Gasteiger partial charge in [0.05, 0.1) is 6.54 Å². The lowest BCUT2D eigenvalue weighted by molar-refractivity contribution is -0.146. The Morgan fingerprint density at radius 2 is 1.92 bits per heavy atom. The van der Waals surface area contributed by atoms with Crippen LogP contribution < -0.4 is 0 Å². The van der Waals surface area contributed by atoms with Crippen LogP contribution in [0.5, 0.6) is 0 Å². The zero-order valence-corrected chi connectivity index (χ0v) is 14.1. The molecule has 3 amide bonds. The summed E-state index contributed by atoms with van der Waals surface area (Å²) in [5.74, 6) is -0.0950. The zero-order valence-electron chi connectivity index (χ0n) is 14.1. The fourth-order valence-electron chi connectivity index (χ4n) is 3.87. The van der Waals surface area contributed by atoms with E-state index in [2.05, 4.69) is 0 Å². The van der Waals surface area contributed by atoms with Crippen molar-refractivity contribution in [1.82, 2.24) is 14.7 Å². The molecule has 0 aromatic carbocycles. The number of cyclic esters (lactones) is 1. The van der Waals surface area contributed by atoms with E-state index in [9.17, 15) is 14.4 Å². The molecule has 3 aliphatic rings. The number of rotatable bonds is 4. The van der Waals surface area contributed by atoms with Crippen molar-refractivity contribution in [2.24, 2.45) is 0 Å². The fraction of sp³-hybridized carbons (Fsp3) is 0.812. The van der Waals surface area contributed by atoms with E-state index < -0.39 is 0 Å². The van der Waals surface area contributed by atoms with Crippen molar-refractivity contribution < 1.29 is 23.9 Å². The van der Waals surface area contributed by atoms with Crippen LogP contribution in [0, 0.1) is 0 Å². The second-order valence-corrected chi connectivity index (χ2v) is 6.54. The molecule has 8 heteroatoms. The van der Waals surface area contributed by atoms with E-state index in [0.717, 1.165) is 19.3 Å². The van der Waals surface area contributed by atoms with Crippen LogP contribution in [0.15, 0.2) is 0 Å². The molecule has 3 fully saturated rings. The van der Waals surface area contributed by atoms with E-state index in [0.29, 0.717) is 39.2 Å². The topological polar surface area (TPSA) is 79.4 Å². The molecule has 3 heterocycles. The second-order valence-electron chi connectivity index (χ2n) is 6.54. The maximum absolute atomic E-state index is 12.8. The van der Waals surface area contributed by atoms with Crippen molar-refractivity contribution in [2.45, 2.75) is 37.8 Å². The molecule has 0 aromatic heterocycles. The predicted octanol–water partition coefficient (Wildman–Crippen LogP) is 0.0670. The average Bonchev–Trinajstić information content (AvgIpc) is 3.23. The van der Waals surface area contributed by atoms with Gasteiger partial charge < -0.3 is 24.2 Å². The lowest BCUT2D eigenvalue weighted by Gasteiger charge is -2.37. The molecule has 0 aliphatic carbocycles. The molecule has 0 N–H and O–H groups in total. The van der Waals surface area contributed by atoms with Crippen LogP contribution >= 0.6 is 0 Å². The monoisotopic (exact) mass is 339 g/mol. The molecule has 0 radical (unpaired) electrons. The minimum atomic E-state index is -0.360. The fourth-order valence-corrected chi connectivity index (χ4v) is 3.87. The van der Waals surface area contributed by atoms with Crippen LogP contribution in [0.25, 0.3) is 0 Å². The van der Waals surface area contributed by atoms with Crippen LogP contribution in [0.3, 0.4) is 0 Å². The molecular formula is C16H25N3O5. The number of ether oxygens (including phenoxy) is 2. The van der Waals surface area contributed by atoms with Gasteiger partial charge in [-0.1, -0.05) is 0 Å². The maximum atomic E-state index is 12.8. The number of carbonyl (C=O) groups is 3. The number of amides is 3. The highest BCUT2D eigenvalue weighted by atomic mass is 16.6. The number of nitrogens with zero attached hydrogens (tertiary/aromatic N) is 3. The summed E-state index contributed by atoms with van der Waals surface area (Å²) in [5.41, 5.74) is 0. The molecule has 3 rings (SSSR count). The maximum Gasteiger partial charge on any atom is 0.410 e. The van der Waals surface area contributed by atoms with Crippen LogP contribution in [-0.2, 0) is 19.1 Å². The molecule has 0 aromatic rings. The van der Waals surface area contributed by atoms with E-state index >= 15 is 0 Å². The van der Waals surface area contributed by atoms with Crippen molar-refractivity contribution in [3.8, 4) is 0 Å². The SMILES string of the molecule is COCC(=O)N1CCC[C@@H]1C(=O)N1CCC(N2CCOC2=O)CC1. The van der Waals surface area contributed by atoms with Gasteiger partial charge in [-0.3, -0.25) is 9.59 Å². The highest BCUT2D eigenvalue weighted by Gasteiger charge is 2.39. The molecule has 3 aliphatic heterocycles. The highest BCUT2D eigenvalue weighted by Crippen LogP contribution is 2.24. The molecule has 0 saturated carbocycles. The standard InChI is InChI=1S/C16H25N3O5/c1-23-11-14(20)19-6-2-3-13(19)15(21)17-7-4-12(5-8-17)18-9-10-24-16(18)22/h12-13H,2-11H2,1H3/t13-/m1/s1. The largest absolute Gasteiger partial charge is 0.448 e. The first kappa shape index (κ1) is 17.0. The molecule has 8 nitrogen and oxygen atoms in total. The third kappa shape index (κ3) is 3.33. The summed E-state index contributed by atoms with van der Waals surface area (Å²) in [6.45, 7) is 2.97. The first-order valence-corrected chi connectivity index (χ1v) is 8.62. The Morgan fingerprint density at radius 1 is 1.17 bits per heavy atom. The van der Waals surface area contributed by atoms with Gasteiger partial charge in [-0.25, -0.2) is 4.79 Å². The molecule has 134 valence electrons. The summed E-state index contributed by atoms with van der Waals surface area (Å²) in [7, 11) is 1.49. The summed E-state index contributed by atoms with van der Waals surface area (Å²) < 4.78 is 9.89. The summed E-state index contributed by atoms with van der Waals surface area (Å²) in [6.07, 6.45) is 2.85. The average molecular weight is 339 g/mol.